The van der Waals surface area contributed by atoms with E-state index in [9.17, 15) is 4.79 Å². The van der Waals surface area contributed by atoms with Gasteiger partial charge in [-0.3, -0.25) is 4.79 Å². The van der Waals surface area contributed by atoms with Crippen LogP contribution in [0.5, 0.6) is 0 Å². The summed E-state index contributed by atoms with van der Waals surface area (Å²) < 4.78 is 0. The van der Waals surface area contributed by atoms with Crippen molar-refractivity contribution in [3.8, 4) is 0 Å². The van der Waals surface area contributed by atoms with Crippen LogP contribution in [-0.4, -0.2) is 17.5 Å². The van der Waals surface area contributed by atoms with Crippen LogP contribution in [0, 0.1) is 20.8 Å². The topological polar surface area (TPSA) is 35.5 Å². The highest BCUT2D eigenvalue weighted by Gasteiger charge is 2.18. The summed E-state index contributed by atoms with van der Waals surface area (Å²) in [6, 6.07) is 4.05. The Morgan fingerprint density at radius 3 is 1.38 bits per heavy atom. The molecule has 3 heteroatoms. The van der Waals surface area contributed by atoms with Gasteiger partial charge in [-0.15, -0.1) is 0 Å². The Labute approximate surface area is 129 Å². The van der Waals surface area contributed by atoms with Gasteiger partial charge in [0, 0.05) is 5.56 Å². The van der Waals surface area contributed by atoms with Crippen molar-refractivity contribution in [1.82, 2.24) is 0 Å². The molecular weight excluding hydrogens is 264 g/mol. The second kappa shape index (κ2) is 7.71. The van der Waals surface area contributed by atoms with E-state index in [1.807, 2.05) is 74.4 Å². The lowest BCUT2D eigenvalue weighted by atomic mass is 10.0. The molecule has 0 aliphatic rings. The molecule has 0 bridgehead atoms. The summed E-state index contributed by atoms with van der Waals surface area (Å²) in [7, 11) is 0. The molecule has 0 fully saturated rings. The minimum absolute atomic E-state index is 0.215. The third-order valence-corrected chi connectivity index (χ3v) is 2.40. The molecule has 0 saturated carbocycles. The highest BCUT2D eigenvalue weighted by Crippen LogP contribution is 2.15. The number of aldehydes is 1. The molecule has 0 aromatic heterocycles. The third-order valence-electron chi connectivity index (χ3n) is 2.40. The van der Waals surface area contributed by atoms with Crippen LogP contribution in [0.2, 0.25) is 0 Å². The Bertz CT molecular complexity index is 425. The lowest BCUT2D eigenvalue weighted by molar-refractivity contribution is -0.393. The third kappa shape index (κ3) is 9.38. The van der Waals surface area contributed by atoms with E-state index in [-0.39, 0.29) is 11.2 Å². The van der Waals surface area contributed by atoms with Crippen molar-refractivity contribution in [2.75, 3.05) is 0 Å². The van der Waals surface area contributed by atoms with Gasteiger partial charge >= 0.3 is 0 Å². The van der Waals surface area contributed by atoms with Gasteiger partial charge in [-0.2, -0.15) is 0 Å². The lowest BCUT2D eigenvalue weighted by Crippen LogP contribution is -2.27. The predicted molar refractivity (Wildman–Crippen MR) is 87.7 cm³/mol. The van der Waals surface area contributed by atoms with Crippen LogP contribution >= 0.6 is 0 Å². The molecule has 0 atom stereocenters. The van der Waals surface area contributed by atoms with Crippen LogP contribution in [-0.2, 0) is 9.78 Å². The van der Waals surface area contributed by atoms with Crippen molar-refractivity contribution in [2.45, 2.75) is 73.5 Å². The zero-order valence-electron chi connectivity index (χ0n) is 15.0. The molecule has 0 saturated heterocycles. The van der Waals surface area contributed by atoms with Crippen molar-refractivity contribution in [1.29, 1.82) is 0 Å². The number of rotatable bonds is 2. The smallest absolute Gasteiger partial charge is 0.150 e. The van der Waals surface area contributed by atoms with Crippen LogP contribution in [0.3, 0.4) is 0 Å². The van der Waals surface area contributed by atoms with E-state index in [1.54, 1.807) is 0 Å². The quantitative estimate of drug-likeness (QED) is 0.439. The molecular formula is C18H30O3. The molecule has 0 aliphatic heterocycles. The molecule has 120 valence electrons. The average Bonchev–Trinajstić information content (AvgIpc) is 2.25. The normalized spacial score (nSPS) is 11.7. The molecule has 0 radical (unpaired) electrons. The standard InChI is InChI=1S/C10H12O.C8H18O2/c1-7-4-8(2)10(6-11)9(3)5-7;1-7(2,3)9-10-8(4,5)6/h4-6H,1-3H3;1-6H3. The fourth-order valence-corrected chi connectivity index (χ4v) is 1.63. The maximum Gasteiger partial charge on any atom is 0.150 e. The van der Waals surface area contributed by atoms with E-state index in [0.29, 0.717) is 0 Å². The zero-order valence-corrected chi connectivity index (χ0v) is 15.0. The summed E-state index contributed by atoms with van der Waals surface area (Å²) in [6.45, 7) is 17.7. The van der Waals surface area contributed by atoms with E-state index < -0.39 is 0 Å². The minimum atomic E-state index is -0.215. The Morgan fingerprint density at radius 1 is 0.810 bits per heavy atom. The predicted octanol–water partition coefficient (Wildman–Crippen LogP) is 4.96. The van der Waals surface area contributed by atoms with Gasteiger partial charge in [0.15, 0.2) is 6.29 Å². The van der Waals surface area contributed by atoms with Crippen molar-refractivity contribution in [3.05, 3.63) is 34.4 Å². The highest BCUT2D eigenvalue weighted by atomic mass is 17.2. The average molecular weight is 294 g/mol. The SMILES string of the molecule is CC(C)(C)OOC(C)(C)C.Cc1cc(C)c(C=O)c(C)c1. The van der Waals surface area contributed by atoms with E-state index in [1.165, 1.54) is 5.56 Å². The van der Waals surface area contributed by atoms with Gasteiger partial charge in [0.25, 0.3) is 0 Å². The second-order valence-electron chi connectivity index (χ2n) is 7.32. The van der Waals surface area contributed by atoms with Crippen LogP contribution in [0.15, 0.2) is 12.1 Å². The number of benzene rings is 1. The van der Waals surface area contributed by atoms with E-state index in [0.717, 1.165) is 23.0 Å². The van der Waals surface area contributed by atoms with Crippen molar-refractivity contribution >= 4 is 6.29 Å². The van der Waals surface area contributed by atoms with Gasteiger partial charge in [0.05, 0.1) is 11.2 Å². The van der Waals surface area contributed by atoms with E-state index in [4.69, 9.17) is 9.78 Å². The number of carbonyl (C=O) groups is 1. The number of carbonyl (C=O) groups excluding carboxylic acids is 1. The largest absolute Gasteiger partial charge is 0.298 e. The van der Waals surface area contributed by atoms with Gasteiger partial charge in [0.2, 0.25) is 0 Å². The second-order valence-corrected chi connectivity index (χ2v) is 7.32. The molecule has 1 aromatic carbocycles. The van der Waals surface area contributed by atoms with E-state index in [2.05, 4.69) is 0 Å². The maximum atomic E-state index is 10.6. The van der Waals surface area contributed by atoms with Gasteiger partial charge in [-0.1, -0.05) is 17.7 Å². The molecule has 1 aromatic rings. The van der Waals surface area contributed by atoms with Crippen molar-refractivity contribution in [3.63, 3.8) is 0 Å². The molecule has 21 heavy (non-hydrogen) atoms. The lowest BCUT2D eigenvalue weighted by Gasteiger charge is -2.24. The van der Waals surface area contributed by atoms with Crippen LogP contribution in [0.25, 0.3) is 0 Å². The Kier molecular flexibility index (Phi) is 7.28. The van der Waals surface area contributed by atoms with Crippen LogP contribution in [0.4, 0.5) is 0 Å². The van der Waals surface area contributed by atoms with Crippen LogP contribution < -0.4 is 0 Å². The first-order chi connectivity index (χ1) is 9.35. The van der Waals surface area contributed by atoms with Crippen molar-refractivity contribution in [2.24, 2.45) is 0 Å². The first-order valence-electron chi connectivity index (χ1n) is 7.25. The zero-order chi connectivity index (χ0) is 16.8. The Morgan fingerprint density at radius 2 is 1.14 bits per heavy atom. The summed E-state index contributed by atoms with van der Waals surface area (Å²) in [5, 5.41) is 0. The molecule has 3 nitrogen and oxygen atoms in total. The van der Waals surface area contributed by atoms with Gasteiger partial charge in [-0.05, 0) is 73.4 Å². The molecule has 0 unspecified atom stereocenters. The van der Waals surface area contributed by atoms with Gasteiger partial charge in [0.1, 0.15) is 0 Å². The summed E-state index contributed by atoms with van der Waals surface area (Å²) in [4.78, 5) is 20.7. The summed E-state index contributed by atoms with van der Waals surface area (Å²) >= 11 is 0. The summed E-state index contributed by atoms with van der Waals surface area (Å²) in [5.74, 6) is 0. The van der Waals surface area contributed by atoms with Crippen molar-refractivity contribution < 1.29 is 14.6 Å². The molecule has 0 amide bonds. The molecule has 0 spiro atoms. The fraction of sp³-hybridized carbons (Fsp3) is 0.611. The first-order valence-corrected chi connectivity index (χ1v) is 7.25. The minimum Gasteiger partial charge on any atom is -0.298 e. The number of hydrogen-bond acceptors (Lipinski definition) is 3. The maximum absolute atomic E-state index is 10.6. The molecule has 1 rings (SSSR count). The summed E-state index contributed by atoms with van der Waals surface area (Å²) in [5.41, 5.74) is 3.75. The Hall–Kier alpha value is -1.19. The van der Waals surface area contributed by atoms with Gasteiger partial charge < -0.3 is 0 Å². The highest BCUT2D eigenvalue weighted by molar-refractivity contribution is 5.79. The van der Waals surface area contributed by atoms with Gasteiger partial charge in [-0.25, -0.2) is 9.78 Å². The number of aryl methyl sites for hydroxylation is 3. The molecule has 0 N–H and O–H groups in total. The first kappa shape index (κ1) is 19.8. The Balaban J connectivity index is 0.000000384. The fourth-order valence-electron chi connectivity index (χ4n) is 1.63. The van der Waals surface area contributed by atoms with Crippen LogP contribution in [0.1, 0.15) is 68.6 Å². The molecule has 0 aliphatic carbocycles. The monoisotopic (exact) mass is 294 g/mol. The van der Waals surface area contributed by atoms with E-state index >= 15 is 0 Å². The number of hydrogen-bond donors (Lipinski definition) is 0. The summed E-state index contributed by atoms with van der Waals surface area (Å²) in [6.07, 6.45) is 0.921. The molecule has 0 heterocycles.